The molecule has 2 aromatic rings. The van der Waals surface area contributed by atoms with E-state index in [1.807, 2.05) is 45.0 Å². The van der Waals surface area contributed by atoms with E-state index in [1.165, 1.54) is 11.1 Å². The molecule has 0 unspecified atom stereocenters. The first-order valence-electron chi connectivity index (χ1n) is 12.0. The molecule has 0 aromatic heterocycles. The number of benzene rings is 2. The van der Waals surface area contributed by atoms with E-state index in [0.717, 1.165) is 24.0 Å². The lowest BCUT2D eigenvalue weighted by Crippen LogP contribution is -2.64. The molecule has 2 fully saturated rings. The van der Waals surface area contributed by atoms with Gasteiger partial charge >= 0.3 is 12.2 Å². The molecule has 0 spiro atoms. The topological polar surface area (TPSA) is 79.3 Å². The number of hydrogen-bond acceptors (Lipinski definition) is 5. The van der Waals surface area contributed by atoms with Gasteiger partial charge in [0.2, 0.25) is 0 Å². The number of ether oxygens (including phenoxy) is 2. The fourth-order valence-corrected chi connectivity index (χ4v) is 5.75. The number of amides is 2. The molecule has 2 aliphatic heterocycles. The van der Waals surface area contributed by atoms with Crippen LogP contribution in [0.3, 0.4) is 0 Å². The molecule has 7 heteroatoms. The predicted molar refractivity (Wildman–Crippen MR) is 128 cm³/mol. The van der Waals surface area contributed by atoms with Gasteiger partial charge in [0.15, 0.2) is 0 Å². The van der Waals surface area contributed by atoms with Crippen molar-refractivity contribution in [3.8, 4) is 11.1 Å². The third kappa shape index (κ3) is 3.92. The van der Waals surface area contributed by atoms with Gasteiger partial charge in [-0.1, -0.05) is 48.5 Å². The molecule has 5 rings (SSSR count). The summed E-state index contributed by atoms with van der Waals surface area (Å²) in [6.45, 7) is 5.83. The summed E-state index contributed by atoms with van der Waals surface area (Å²) in [7, 11) is 0. The van der Waals surface area contributed by atoms with Crippen LogP contribution in [0.15, 0.2) is 48.5 Å². The maximum atomic E-state index is 13.2. The van der Waals surface area contributed by atoms with E-state index in [4.69, 9.17) is 9.47 Å². The Balaban J connectivity index is 1.30. The number of fused-ring (bicyclic) bond motifs is 5. The van der Waals surface area contributed by atoms with Crippen molar-refractivity contribution in [1.29, 1.82) is 0 Å². The number of rotatable bonds is 3. The molecule has 2 aromatic carbocycles. The third-order valence-electron chi connectivity index (χ3n) is 7.16. The molecule has 1 N–H and O–H groups in total. The van der Waals surface area contributed by atoms with Gasteiger partial charge in [-0.3, -0.25) is 9.80 Å². The summed E-state index contributed by atoms with van der Waals surface area (Å²) in [5.41, 5.74) is 4.07. The van der Waals surface area contributed by atoms with Crippen molar-refractivity contribution in [1.82, 2.24) is 9.80 Å². The molecule has 0 radical (unpaired) electrons. The van der Waals surface area contributed by atoms with Gasteiger partial charge < -0.3 is 14.6 Å². The van der Waals surface area contributed by atoms with Crippen molar-refractivity contribution in [2.75, 3.05) is 19.8 Å². The quantitative estimate of drug-likeness (QED) is 0.729. The summed E-state index contributed by atoms with van der Waals surface area (Å²) in [6, 6.07) is 15.5. The minimum absolute atomic E-state index is 0.0244. The molecule has 2 heterocycles. The van der Waals surface area contributed by atoms with E-state index in [-0.39, 0.29) is 37.3 Å². The van der Waals surface area contributed by atoms with Gasteiger partial charge in [0.25, 0.3) is 0 Å². The normalized spacial score (nSPS) is 23.5. The van der Waals surface area contributed by atoms with Crippen LogP contribution in [-0.4, -0.2) is 70.6 Å². The van der Waals surface area contributed by atoms with E-state index in [0.29, 0.717) is 6.54 Å². The van der Waals surface area contributed by atoms with Crippen LogP contribution in [0.1, 0.15) is 50.7 Å². The average molecular weight is 465 g/mol. The van der Waals surface area contributed by atoms with Crippen LogP contribution < -0.4 is 0 Å². The highest BCUT2D eigenvalue weighted by molar-refractivity contribution is 5.79. The summed E-state index contributed by atoms with van der Waals surface area (Å²) < 4.78 is 11.5. The summed E-state index contributed by atoms with van der Waals surface area (Å²) in [5, 5.41) is 10.2. The van der Waals surface area contributed by atoms with Crippen molar-refractivity contribution in [2.24, 2.45) is 0 Å². The lowest BCUT2D eigenvalue weighted by atomic mass is 9.98. The Hall–Kier alpha value is -3.06. The van der Waals surface area contributed by atoms with E-state index in [1.54, 1.807) is 9.80 Å². The highest BCUT2D eigenvalue weighted by Crippen LogP contribution is 2.44. The first-order valence-corrected chi connectivity index (χ1v) is 12.0. The van der Waals surface area contributed by atoms with Crippen LogP contribution in [0, 0.1) is 0 Å². The second-order valence-corrected chi connectivity index (χ2v) is 10.4. The Kier molecular flexibility index (Phi) is 5.76. The Morgan fingerprint density at radius 1 is 0.971 bits per heavy atom. The Morgan fingerprint density at radius 2 is 1.59 bits per heavy atom. The van der Waals surface area contributed by atoms with Gasteiger partial charge in [0.1, 0.15) is 12.2 Å². The molecule has 2 bridgehead atoms. The van der Waals surface area contributed by atoms with Gasteiger partial charge in [-0.15, -0.1) is 0 Å². The van der Waals surface area contributed by atoms with E-state index in [2.05, 4.69) is 24.3 Å². The Labute approximate surface area is 200 Å². The first-order chi connectivity index (χ1) is 16.3. The lowest BCUT2D eigenvalue weighted by Gasteiger charge is -2.45. The van der Waals surface area contributed by atoms with Crippen molar-refractivity contribution in [2.45, 2.75) is 63.3 Å². The summed E-state index contributed by atoms with van der Waals surface area (Å²) in [5.74, 6) is -0.0244. The van der Waals surface area contributed by atoms with Gasteiger partial charge in [-0.25, -0.2) is 9.59 Å². The number of carbonyl (C=O) groups excluding carboxylic acids is 2. The summed E-state index contributed by atoms with van der Waals surface area (Å²) >= 11 is 0. The SMILES string of the molecule is CC(C)(C)OC(=O)N1[C@@H]2CC[C@H]1[C@@H](CO)N(C(=O)OCC1c3ccccc3-c3ccccc31)C2. The minimum atomic E-state index is -0.602. The largest absolute Gasteiger partial charge is 0.448 e. The monoisotopic (exact) mass is 464 g/mol. The van der Waals surface area contributed by atoms with Crippen LogP contribution in [0.25, 0.3) is 11.1 Å². The summed E-state index contributed by atoms with van der Waals surface area (Å²) in [6.07, 6.45) is 0.669. The smallest absolute Gasteiger partial charge is 0.410 e. The number of piperazine rings is 1. The molecular formula is C27H32N2O5. The molecule has 3 atom stereocenters. The Morgan fingerprint density at radius 3 is 2.18 bits per heavy atom. The molecule has 2 saturated heterocycles. The zero-order valence-electron chi connectivity index (χ0n) is 19.9. The zero-order chi connectivity index (χ0) is 24.0. The van der Waals surface area contributed by atoms with Crippen molar-refractivity contribution in [3.63, 3.8) is 0 Å². The molecule has 180 valence electrons. The molecular weight excluding hydrogens is 432 g/mol. The highest BCUT2D eigenvalue weighted by atomic mass is 16.6. The van der Waals surface area contributed by atoms with Gasteiger partial charge in [0, 0.05) is 12.5 Å². The molecule has 3 aliphatic rings. The minimum Gasteiger partial charge on any atom is -0.448 e. The summed E-state index contributed by atoms with van der Waals surface area (Å²) in [4.78, 5) is 29.4. The maximum absolute atomic E-state index is 13.2. The highest BCUT2D eigenvalue weighted by Gasteiger charge is 2.51. The van der Waals surface area contributed by atoms with Crippen LogP contribution in [-0.2, 0) is 9.47 Å². The van der Waals surface area contributed by atoms with Crippen LogP contribution >= 0.6 is 0 Å². The standard InChI is InChI=1S/C27H32N2O5/c1-27(2,3)34-26(32)29-17-12-13-23(29)24(15-30)28(14-17)25(31)33-16-22-20-10-6-4-8-18(20)19-9-5-7-11-21(19)22/h4-11,17,22-24,30H,12-16H2,1-3H3/t17-,23+,24-/m1/s1. The predicted octanol–water partition coefficient (Wildman–Crippen LogP) is 4.38. The molecule has 34 heavy (non-hydrogen) atoms. The lowest BCUT2D eigenvalue weighted by molar-refractivity contribution is -0.0320. The van der Waals surface area contributed by atoms with Crippen LogP contribution in [0.4, 0.5) is 9.59 Å². The number of hydrogen-bond donors (Lipinski definition) is 1. The fraction of sp³-hybridized carbons (Fsp3) is 0.481. The second-order valence-electron chi connectivity index (χ2n) is 10.4. The maximum Gasteiger partial charge on any atom is 0.410 e. The number of aliphatic hydroxyl groups excluding tert-OH is 1. The number of carbonyl (C=O) groups is 2. The molecule has 2 amide bonds. The number of aliphatic hydroxyl groups is 1. The van der Waals surface area contributed by atoms with Crippen molar-refractivity contribution in [3.05, 3.63) is 59.7 Å². The van der Waals surface area contributed by atoms with Crippen molar-refractivity contribution < 1.29 is 24.2 Å². The van der Waals surface area contributed by atoms with Crippen molar-refractivity contribution >= 4 is 12.2 Å². The van der Waals surface area contributed by atoms with Crippen LogP contribution in [0.2, 0.25) is 0 Å². The fourth-order valence-electron chi connectivity index (χ4n) is 5.75. The third-order valence-corrected chi connectivity index (χ3v) is 7.16. The van der Waals surface area contributed by atoms with E-state index in [9.17, 15) is 14.7 Å². The molecule has 7 nitrogen and oxygen atoms in total. The van der Waals surface area contributed by atoms with E-state index >= 15 is 0 Å². The average Bonchev–Trinajstić information content (AvgIpc) is 3.30. The first kappa shape index (κ1) is 22.7. The number of likely N-dealkylation sites (tertiary alicyclic amines) is 1. The van der Waals surface area contributed by atoms with Gasteiger partial charge in [0.05, 0.1) is 24.7 Å². The number of nitrogens with zero attached hydrogens (tertiary/aromatic N) is 2. The molecule has 0 saturated carbocycles. The van der Waals surface area contributed by atoms with Gasteiger partial charge in [-0.05, 0) is 55.9 Å². The Bertz CT molecular complexity index is 1050. The molecule has 1 aliphatic carbocycles. The second kappa shape index (κ2) is 8.62. The van der Waals surface area contributed by atoms with Gasteiger partial charge in [-0.2, -0.15) is 0 Å². The van der Waals surface area contributed by atoms with Crippen LogP contribution in [0.5, 0.6) is 0 Å². The zero-order valence-corrected chi connectivity index (χ0v) is 19.9. The van der Waals surface area contributed by atoms with E-state index < -0.39 is 17.7 Å².